The van der Waals surface area contributed by atoms with Crippen molar-refractivity contribution in [3.63, 3.8) is 0 Å². The van der Waals surface area contributed by atoms with Gasteiger partial charge in [-0.05, 0) is 37.3 Å². The zero-order chi connectivity index (χ0) is 14.7. The van der Waals surface area contributed by atoms with Crippen molar-refractivity contribution in [2.45, 2.75) is 32.1 Å². The first kappa shape index (κ1) is 13.6. The minimum Gasteiger partial charge on any atom is -0.447 e. The molecule has 0 atom stereocenters. The molecule has 1 aromatic heterocycles. The lowest BCUT2D eigenvalue weighted by Crippen LogP contribution is -2.12. The van der Waals surface area contributed by atoms with Gasteiger partial charge in [-0.1, -0.05) is 24.6 Å². The Morgan fingerprint density at radius 3 is 2.90 bits per heavy atom. The summed E-state index contributed by atoms with van der Waals surface area (Å²) in [4.78, 5) is 17.1. The summed E-state index contributed by atoms with van der Waals surface area (Å²) >= 11 is 0. The van der Waals surface area contributed by atoms with Gasteiger partial charge in [0.25, 0.3) is 0 Å². The molecule has 0 radical (unpaired) electrons. The standard InChI is InChI=1S/C17H16N2O2/c18-10-11-21-17(20)16-12-6-2-1-3-8-14(12)19-15-9-5-4-7-13(15)16/h4-5,7,9H,1-3,6,8,11H2. The summed E-state index contributed by atoms with van der Waals surface area (Å²) in [5.74, 6) is -0.409. The highest BCUT2D eigenvalue weighted by Crippen LogP contribution is 2.29. The van der Waals surface area contributed by atoms with Gasteiger partial charge in [-0.15, -0.1) is 0 Å². The first-order valence-corrected chi connectivity index (χ1v) is 7.26. The molecule has 1 aliphatic rings. The summed E-state index contributed by atoms with van der Waals surface area (Å²) in [7, 11) is 0. The van der Waals surface area contributed by atoms with Crippen LogP contribution in [0.15, 0.2) is 24.3 Å². The van der Waals surface area contributed by atoms with Crippen molar-refractivity contribution in [2.24, 2.45) is 0 Å². The highest BCUT2D eigenvalue weighted by Gasteiger charge is 2.22. The molecule has 0 spiro atoms. The number of rotatable bonds is 2. The molecule has 2 aromatic rings. The Labute approximate surface area is 123 Å². The molecule has 0 saturated heterocycles. The quantitative estimate of drug-likeness (QED) is 0.626. The van der Waals surface area contributed by atoms with Crippen LogP contribution < -0.4 is 0 Å². The fourth-order valence-corrected chi connectivity index (χ4v) is 2.95. The Hall–Kier alpha value is -2.41. The highest BCUT2D eigenvalue weighted by atomic mass is 16.5. The summed E-state index contributed by atoms with van der Waals surface area (Å²) in [6.45, 7) is -0.218. The molecule has 1 heterocycles. The number of hydrogen-bond donors (Lipinski definition) is 0. The number of aromatic nitrogens is 1. The third-order valence-corrected chi connectivity index (χ3v) is 3.89. The van der Waals surface area contributed by atoms with Gasteiger partial charge < -0.3 is 4.74 Å². The zero-order valence-corrected chi connectivity index (χ0v) is 11.8. The van der Waals surface area contributed by atoms with Gasteiger partial charge >= 0.3 is 5.97 Å². The maximum absolute atomic E-state index is 12.4. The lowest BCUT2D eigenvalue weighted by atomic mass is 9.97. The van der Waals surface area contributed by atoms with Gasteiger partial charge in [0, 0.05) is 11.1 Å². The number of nitriles is 1. The Kier molecular flexibility index (Phi) is 3.83. The van der Waals surface area contributed by atoms with E-state index in [1.54, 1.807) is 0 Å². The summed E-state index contributed by atoms with van der Waals surface area (Å²) in [6.07, 6.45) is 5.07. The van der Waals surface area contributed by atoms with E-state index >= 15 is 0 Å². The van der Waals surface area contributed by atoms with Gasteiger partial charge in [0.05, 0.1) is 11.1 Å². The van der Waals surface area contributed by atoms with Gasteiger partial charge in [-0.3, -0.25) is 4.98 Å². The van der Waals surface area contributed by atoms with E-state index in [2.05, 4.69) is 0 Å². The minimum absolute atomic E-state index is 0.218. The van der Waals surface area contributed by atoms with Gasteiger partial charge in [0.1, 0.15) is 6.07 Å². The minimum atomic E-state index is -0.409. The van der Waals surface area contributed by atoms with Crippen molar-refractivity contribution in [2.75, 3.05) is 6.61 Å². The topological polar surface area (TPSA) is 63.0 Å². The Bertz CT molecular complexity index is 731. The molecule has 106 valence electrons. The van der Waals surface area contributed by atoms with Crippen molar-refractivity contribution in [3.8, 4) is 6.07 Å². The van der Waals surface area contributed by atoms with E-state index in [-0.39, 0.29) is 6.61 Å². The molecule has 0 bridgehead atoms. The fraction of sp³-hybridized carbons (Fsp3) is 0.353. The summed E-state index contributed by atoms with van der Waals surface area (Å²) in [6, 6.07) is 9.48. The predicted molar refractivity (Wildman–Crippen MR) is 78.9 cm³/mol. The SMILES string of the molecule is N#CCOC(=O)c1c2c(nc3ccccc13)CCCCC2. The maximum Gasteiger partial charge on any atom is 0.340 e. The number of nitrogens with zero attached hydrogens (tertiary/aromatic N) is 2. The average molecular weight is 280 g/mol. The second kappa shape index (κ2) is 5.92. The third kappa shape index (κ3) is 2.59. The highest BCUT2D eigenvalue weighted by molar-refractivity contribution is 6.05. The van der Waals surface area contributed by atoms with Crippen molar-refractivity contribution < 1.29 is 9.53 Å². The normalized spacial score (nSPS) is 14.0. The molecule has 0 fully saturated rings. The fourth-order valence-electron chi connectivity index (χ4n) is 2.95. The molecule has 4 nitrogen and oxygen atoms in total. The van der Waals surface area contributed by atoms with Crippen molar-refractivity contribution >= 4 is 16.9 Å². The number of pyridine rings is 1. The summed E-state index contributed by atoms with van der Waals surface area (Å²) in [5.41, 5.74) is 3.44. The van der Waals surface area contributed by atoms with Crippen LogP contribution in [0.4, 0.5) is 0 Å². The number of hydrogen-bond acceptors (Lipinski definition) is 4. The van der Waals surface area contributed by atoms with Crippen LogP contribution in [0.5, 0.6) is 0 Å². The molecular weight excluding hydrogens is 264 g/mol. The van der Waals surface area contributed by atoms with Gasteiger partial charge in [0.2, 0.25) is 0 Å². The van der Waals surface area contributed by atoms with Crippen LogP contribution in [0.2, 0.25) is 0 Å². The van der Waals surface area contributed by atoms with Gasteiger partial charge in [-0.25, -0.2) is 4.79 Å². The lowest BCUT2D eigenvalue weighted by molar-refractivity contribution is 0.0556. The number of para-hydroxylation sites is 1. The van der Waals surface area contributed by atoms with Crippen molar-refractivity contribution in [1.82, 2.24) is 4.98 Å². The molecule has 0 saturated carbocycles. The van der Waals surface area contributed by atoms with E-state index in [1.807, 2.05) is 30.3 Å². The Balaban J connectivity index is 2.20. The molecule has 1 aromatic carbocycles. The molecule has 0 aliphatic heterocycles. The number of benzene rings is 1. The van der Waals surface area contributed by atoms with Gasteiger partial charge in [-0.2, -0.15) is 5.26 Å². The van der Waals surface area contributed by atoms with Crippen LogP contribution in [-0.4, -0.2) is 17.6 Å². The average Bonchev–Trinajstić information content (AvgIpc) is 2.75. The second-order valence-electron chi connectivity index (χ2n) is 5.22. The molecule has 0 amide bonds. The van der Waals surface area contributed by atoms with E-state index in [1.165, 1.54) is 0 Å². The molecule has 0 N–H and O–H groups in total. The van der Waals surface area contributed by atoms with Crippen molar-refractivity contribution in [3.05, 3.63) is 41.1 Å². The number of esters is 1. The zero-order valence-electron chi connectivity index (χ0n) is 11.8. The monoisotopic (exact) mass is 280 g/mol. The number of carbonyl (C=O) groups is 1. The van der Waals surface area contributed by atoms with E-state index in [0.29, 0.717) is 5.56 Å². The largest absolute Gasteiger partial charge is 0.447 e. The van der Waals surface area contributed by atoms with Crippen molar-refractivity contribution in [1.29, 1.82) is 5.26 Å². The molecular formula is C17H16N2O2. The van der Waals surface area contributed by atoms with Gasteiger partial charge in [0.15, 0.2) is 6.61 Å². The van der Waals surface area contributed by atoms with E-state index in [0.717, 1.165) is 54.3 Å². The first-order valence-electron chi connectivity index (χ1n) is 7.26. The van der Waals surface area contributed by atoms with E-state index < -0.39 is 5.97 Å². The summed E-state index contributed by atoms with van der Waals surface area (Å²) in [5, 5.41) is 9.44. The predicted octanol–water partition coefficient (Wildman–Crippen LogP) is 3.18. The smallest absolute Gasteiger partial charge is 0.340 e. The Morgan fingerprint density at radius 1 is 1.24 bits per heavy atom. The first-order chi connectivity index (χ1) is 10.3. The molecule has 0 unspecified atom stereocenters. The summed E-state index contributed by atoms with van der Waals surface area (Å²) < 4.78 is 5.06. The van der Waals surface area contributed by atoms with E-state index in [4.69, 9.17) is 15.0 Å². The van der Waals surface area contributed by atoms with Crippen LogP contribution in [0.3, 0.4) is 0 Å². The maximum atomic E-state index is 12.4. The number of carbonyl (C=O) groups excluding carboxylic acids is 1. The number of aryl methyl sites for hydroxylation is 1. The second-order valence-corrected chi connectivity index (χ2v) is 5.22. The van der Waals surface area contributed by atoms with Crippen LogP contribution in [0.25, 0.3) is 10.9 Å². The third-order valence-electron chi connectivity index (χ3n) is 3.89. The molecule has 3 rings (SSSR count). The van der Waals surface area contributed by atoms with Crippen LogP contribution in [-0.2, 0) is 17.6 Å². The van der Waals surface area contributed by atoms with Crippen LogP contribution in [0.1, 0.15) is 40.9 Å². The Morgan fingerprint density at radius 2 is 2.05 bits per heavy atom. The number of ether oxygens (including phenoxy) is 1. The molecule has 1 aliphatic carbocycles. The van der Waals surface area contributed by atoms with Crippen LogP contribution in [0, 0.1) is 11.3 Å². The lowest BCUT2D eigenvalue weighted by Gasteiger charge is -2.14. The van der Waals surface area contributed by atoms with E-state index in [9.17, 15) is 4.79 Å². The van der Waals surface area contributed by atoms with Crippen LogP contribution >= 0.6 is 0 Å². The molecule has 4 heteroatoms. The molecule has 21 heavy (non-hydrogen) atoms. The number of fused-ring (bicyclic) bond motifs is 2.